The standard InChI is InChI=1S/C11H18F3NO2/c1-8(4-5-10(16)17)15-6-2-3-9(7-15)11(12,13)14/h8-9H,2-7H2,1H3,(H,16,17). The van der Waals surface area contributed by atoms with Gasteiger partial charge in [-0.2, -0.15) is 13.2 Å². The number of piperidine rings is 1. The van der Waals surface area contributed by atoms with Gasteiger partial charge in [-0.3, -0.25) is 4.79 Å². The number of likely N-dealkylation sites (tertiary alicyclic amines) is 1. The number of hydrogen-bond acceptors (Lipinski definition) is 2. The highest BCUT2D eigenvalue weighted by molar-refractivity contribution is 5.66. The van der Waals surface area contributed by atoms with Gasteiger partial charge >= 0.3 is 12.1 Å². The molecule has 1 fully saturated rings. The average molecular weight is 253 g/mol. The highest BCUT2D eigenvalue weighted by Crippen LogP contribution is 2.33. The van der Waals surface area contributed by atoms with E-state index in [1.807, 2.05) is 0 Å². The summed E-state index contributed by atoms with van der Waals surface area (Å²) >= 11 is 0. The molecule has 17 heavy (non-hydrogen) atoms. The zero-order valence-corrected chi connectivity index (χ0v) is 9.83. The van der Waals surface area contributed by atoms with Gasteiger partial charge in [0.1, 0.15) is 0 Å². The van der Waals surface area contributed by atoms with E-state index in [1.54, 1.807) is 11.8 Å². The molecule has 3 nitrogen and oxygen atoms in total. The van der Waals surface area contributed by atoms with Gasteiger partial charge in [0.05, 0.1) is 5.92 Å². The third-order valence-electron chi connectivity index (χ3n) is 3.32. The molecule has 6 heteroatoms. The van der Waals surface area contributed by atoms with Crippen LogP contribution < -0.4 is 0 Å². The van der Waals surface area contributed by atoms with Gasteiger partial charge in [0, 0.05) is 19.0 Å². The van der Waals surface area contributed by atoms with Gasteiger partial charge in [0.15, 0.2) is 0 Å². The van der Waals surface area contributed by atoms with Crippen LogP contribution in [-0.2, 0) is 4.79 Å². The lowest BCUT2D eigenvalue weighted by Crippen LogP contribution is -2.45. The van der Waals surface area contributed by atoms with Crippen molar-refractivity contribution in [2.45, 2.75) is 44.8 Å². The smallest absolute Gasteiger partial charge is 0.393 e. The lowest BCUT2D eigenvalue weighted by atomic mass is 9.95. The van der Waals surface area contributed by atoms with E-state index < -0.39 is 18.1 Å². The molecule has 1 heterocycles. The van der Waals surface area contributed by atoms with E-state index in [4.69, 9.17) is 5.11 Å². The van der Waals surface area contributed by atoms with Crippen molar-refractivity contribution in [3.05, 3.63) is 0 Å². The molecule has 0 amide bonds. The lowest BCUT2D eigenvalue weighted by Gasteiger charge is -2.37. The number of hydrogen-bond donors (Lipinski definition) is 1. The summed E-state index contributed by atoms with van der Waals surface area (Å²) in [5.74, 6) is -2.16. The predicted molar refractivity (Wildman–Crippen MR) is 56.7 cm³/mol. The normalized spacial score (nSPS) is 24.6. The second-order valence-corrected chi connectivity index (χ2v) is 4.66. The maximum atomic E-state index is 12.6. The molecule has 2 unspecified atom stereocenters. The first kappa shape index (κ1) is 14.3. The molecule has 1 aliphatic rings. The molecule has 0 saturated carbocycles. The SMILES string of the molecule is CC(CCC(=O)O)N1CCCC(C(F)(F)F)C1. The Balaban J connectivity index is 2.46. The fourth-order valence-corrected chi connectivity index (χ4v) is 2.19. The van der Waals surface area contributed by atoms with Crippen molar-refractivity contribution in [2.75, 3.05) is 13.1 Å². The van der Waals surface area contributed by atoms with Crippen LogP contribution in [0.3, 0.4) is 0 Å². The minimum Gasteiger partial charge on any atom is -0.481 e. The topological polar surface area (TPSA) is 40.5 Å². The summed E-state index contributed by atoms with van der Waals surface area (Å²) < 4.78 is 37.7. The molecular formula is C11H18F3NO2. The Hall–Kier alpha value is -0.780. The molecule has 1 saturated heterocycles. The van der Waals surface area contributed by atoms with E-state index >= 15 is 0 Å². The minimum absolute atomic E-state index is 0.00425. The molecular weight excluding hydrogens is 235 g/mol. The first-order chi connectivity index (χ1) is 7.80. The van der Waals surface area contributed by atoms with Gasteiger partial charge in [0.25, 0.3) is 0 Å². The maximum Gasteiger partial charge on any atom is 0.393 e. The van der Waals surface area contributed by atoms with Crippen molar-refractivity contribution in [1.29, 1.82) is 0 Å². The van der Waals surface area contributed by atoms with Crippen molar-refractivity contribution in [2.24, 2.45) is 5.92 Å². The Bertz CT molecular complexity index is 268. The van der Waals surface area contributed by atoms with Gasteiger partial charge in [-0.1, -0.05) is 0 Å². The van der Waals surface area contributed by atoms with Crippen LogP contribution in [0.5, 0.6) is 0 Å². The number of carbonyl (C=O) groups is 1. The van der Waals surface area contributed by atoms with Crippen LogP contribution in [0.25, 0.3) is 0 Å². The molecule has 0 aliphatic carbocycles. The van der Waals surface area contributed by atoms with E-state index in [9.17, 15) is 18.0 Å². The van der Waals surface area contributed by atoms with Crippen LogP contribution >= 0.6 is 0 Å². The van der Waals surface area contributed by atoms with Gasteiger partial charge in [-0.15, -0.1) is 0 Å². The van der Waals surface area contributed by atoms with E-state index in [-0.39, 0.29) is 25.4 Å². The Morgan fingerprint density at radius 1 is 1.53 bits per heavy atom. The fourth-order valence-electron chi connectivity index (χ4n) is 2.19. The van der Waals surface area contributed by atoms with E-state index in [0.717, 1.165) is 0 Å². The van der Waals surface area contributed by atoms with Crippen LogP contribution in [0.4, 0.5) is 13.2 Å². The van der Waals surface area contributed by atoms with Crippen LogP contribution in [0.15, 0.2) is 0 Å². The Labute approximate surface area is 98.6 Å². The molecule has 2 atom stereocenters. The molecule has 100 valence electrons. The van der Waals surface area contributed by atoms with E-state index in [0.29, 0.717) is 19.4 Å². The van der Waals surface area contributed by atoms with Crippen molar-refractivity contribution >= 4 is 5.97 Å². The summed E-state index contributed by atoms with van der Waals surface area (Å²) in [6.07, 6.45) is -3.01. The van der Waals surface area contributed by atoms with Crippen molar-refractivity contribution in [3.8, 4) is 0 Å². The third kappa shape index (κ3) is 4.53. The van der Waals surface area contributed by atoms with E-state index in [2.05, 4.69) is 0 Å². The van der Waals surface area contributed by atoms with Crippen LogP contribution in [0, 0.1) is 5.92 Å². The summed E-state index contributed by atoms with van der Waals surface area (Å²) in [4.78, 5) is 12.2. The highest BCUT2D eigenvalue weighted by atomic mass is 19.4. The molecule has 0 radical (unpaired) electrons. The summed E-state index contributed by atoms with van der Waals surface area (Å²) in [6, 6.07) is -0.101. The van der Waals surface area contributed by atoms with Crippen LogP contribution in [0.1, 0.15) is 32.6 Å². The van der Waals surface area contributed by atoms with Crippen molar-refractivity contribution < 1.29 is 23.1 Å². The quantitative estimate of drug-likeness (QED) is 0.837. The number of alkyl halides is 3. The molecule has 0 aromatic rings. The average Bonchev–Trinajstić information content (AvgIpc) is 2.25. The lowest BCUT2D eigenvalue weighted by molar-refractivity contribution is -0.188. The number of rotatable bonds is 4. The molecule has 0 aromatic carbocycles. The highest BCUT2D eigenvalue weighted by Gasteiger charge is 2.42. The van der Waals surface area contributed by atoms with Crippen LogP contribution in [-0.4, -0.2) is 41.3 Å². The molecule has 0 aromatic heterocycles. The Morgan fingerprint density at radius 2 is 2.18 bits per heavy atom. The molecule has 0 bridgehead atoms. The summed E-state index contributed by atoms with van der Waals surface area (Å²) in [5.41, 5.74) is 0. The number of halogens is 3. The summed E-state index contributed by atoms with van der Waals surface area (Å²) in [5, 5.41) is 8.54. The molecule has 1 aliphatic heterocycles. The molecule has 1 N–H and O–H groups in total. The first-order valence-electron chi connectivity index (χ1n) is 5.83. The number of carboxylic acids is 1. The zero-order chi connectivity index (χ0) is 13.1. The largest absolute Gasteiger partial charge is 0.481 e. The maximum absolute atomic E-state index is 12.6. The van der Waals surface area contributed by atoms with Crippen molar-refractivity contribution in [3.63, 3.8) is 0 Å². The molecule has 0 spiro atoms. The number of nitrogens with zero attached hydrogens (tertiary/aromatic N) is 1. The van der Waals surface area contributed by atoms with Gasteiger partial charge < -0.3 is 10.0 Å². The Morgan fingerprint density at radius 3 is 2.71 bits per heavy atom. The third-order valence-corrected chi connectivity index (χ3v) is 3.32. The second-order valence-electron chi connectivity index (χ2n) is 4.66. The number of carboxylic acid groups (broad SMARTS) is 1. The monoisotopic (exact) mass is 253 g/mol. The fraction of sp³-hybridized carbons (Fsp3) is 0.909. The zero-order valence-electron chi connectivity index (χ0n) is 9.83. The Kier molecular flexibility index (Phi) is 4.80. The predicted octanol–water partition coefficient (Wildman–Crippen LogP) is 2.51. The summed E-state index contributed by atoms with van der Waals surface area (Å²) in [6.45, 7) is 2.43. The van der Waals surface area contributed by atoms with Gasteiger partial charge in [-0.25, -0.2) is 0 Å². The van der Waals surface area contributed by atoms with Crippen molar-refractivity contribution in [1.82, 2.24) is 4.90 Å². The second kappa shape index (κ2) is 5.71. The van der Waals surface area contributed by atoms with E-state index in [1.165, 1.54) is 0 Å². The molecule has 1 rings (SSSR count). The first-order valence-corrected chi connectivity index (χ1v) is 5.83. The van der Waals surface area contributed by atoms with Gasteiger partial charge in [0.2, 0.25) is 0 Å². The minimum atomic E-state index is -4.13. The summed E-state index contributed by atoms with van der Waals surface area (Å²) in [7, 11) is 0. The van der Waals surface area contributed by atoms with Crippen LogP contribution in [0.2, 0.25) is 0 Å². The van der Waals surface area contributed by atoms with Gasteiger partial charge in [-0.05, 0) is 32.7 Å². The number of aliphatic carboxylic acids is 1.